The first-order valence-electron chi connectivity index (χ1n) is 8.73. The first-order chi connectivity index (χ1) is 14.1. The normalized spacial score (nSPS) is 10.7. The van der Waals surface area contributed by atoms with E-state index in [1.54, 1.807) is 55.8 Å². The molecule has 3 rings (SSSR count). The maximum absolute atomic E-state index is 11.2. The van der Waals surface area contributed by atoms with Crippen molar-refractivity contribution in [3.05, 3.63) is 88.4 Å². The van der Waals surface area contributed by atoms with Gasteiger partial charge in [0.15, 0.2) is 11.5 Å². The van der Waals surface area contributed by atoms with Crippen LogP contribution in [0.3, 0.4) is 0 Å². The number of anilines is 1. The number of aromatic carboxylic acids is 1. The van der Waals surface area contributed by atoms with Gasteiger partial charge in [0.25, 0.3) is 0 Å². The predicted octanol–water partition coefficient (Wildman–Crippen LogP) is 5.07. The van der Waals surface area contributed by atoms with E-state index >= 15 is 0 Å². The second kappa shape index (κ2) is 9.61. The monoisotopic (exact) mass is 410 g/mol. The molecule has 0 saturated carbocycles. The average Bonchev–Trinajstić information content (AvgIpc) is 2.73. The van der Waals surface area contributed by atoms with E-state index in [2.05, 4.69) is 10.5 Å². The molecule has 0 fully saturated rings. The van der Waals surface area contributed by atoms with Gasteiger partial charge in [0.2, 0.25) is 0 Å². The molecule has 148 valence electrons. The highest BCUT2D eigenvalue weighted by Gasteiger charge is 2.08. The number of benzene rings is 3. The van der Waals surface area contributed by atoms with Crippen molar-refractivity contribution in [1.29, 1.82) is 0 Å². The third-order valence-electron chi connectivity index (χ3n) is 4.05. The van der Waals surface area contributed by atoms with Gasteiger partial charge in [0.05, 0.1) is 24.6 Å². The fraction of sp³-hybridized carbons (Fsp3) is 0.0909. The molecular weight excluding hydrogens is 392 g/mol. The van der Waals surface area contributed by atoms with Crippen LogP contribution in [0.25, 0.3) is 0 Å². The van der Waals surface area contributed by atoms with Crippen molar-refractivity contribution in [3.63, 3.8) is 0 Å². The Morgan fingerprint density at radius 1 is 1.10 bits per heavy atom. The van der Waals surface area contributed by atoms with Crippen LogP contribution in [0.15, 0.2) is 71.8 Å². The molecule has 0 radical (unpaired) electrons. The van der Waals surface area contributed by atoms with E-state index in [9.17, 15) is 9.90 Å². The van der Waals surface area contributed by atoms with E-state index in [0.29, 0.717) is 28.8 Å². The summed E-state index contributed by atoms with van der Waals surface area (Å²) in [6, 6.07) is 19.4. The molecule has 0 aliphatic carbocycles. The molecule has 0 bridgehead atoms. The molecule has 0 aliphatic heterocycles. The van der Waals surface area contributed by atoms with Gasteiger partial charge in [0.1, 0.15) is 6.61 Å². The van der Waals surface area contributed by atoms with Gasteiger partial charge in [0, 0.05) is 5.02 Å². The van der Waals surface area contributed by atoms with Gasteiger partial charge in [-0.05, 0) is 53.6 Å². The smallest absolute Gasteiger partial charge is 0.337 e. The van der Waals surface area contributed by atoms with Gasteiger partial charge in [-0.15, -0.1) is 0 Å². The summed E-state index contributed by atoms with van der Waals surface area (Å²) in [5.41, 5.74) is 5.05. The third-order valence-corrected chi connectivity index (χ3v) is 4.30. The number of carbonyl (C=O) groups is 1. The van der Waals surface area contributed by atoms with Crippen molar-refractivity contribution in [2.24, 2.45) is 5.10 Å². The number of halogens is 1. The number of carboxylic acids is 1. The maximum atomic E-state index is 11.2. The molecular formula is C22H19ClN2O4. The minimum atomic E-state index is -1.02. The van der Waals surface area contributed by atoms with Crippen LogP contribution in [0, 0.1) is 0 Å². The molecule has 3 aromatic carbocycles. The van der Waals surface area contributed by atoms with Crippen LogP contribution in [-0.4, -0.2) is 24.4 Å². The molecule has 3 aromatic rings. The number of nitrogens with one attached hydrogen (secondary N) is 1. The predicted molar refractivity (Wildman–Crippen MR) is 113 cm³/mol. The van der Waals surface area contributed by atoms with Crippen molar-refractivity contribution in [1.82, 2.24) is 0 Å². The summed E-state index contributed by atoms with van der Waals surface area (Å²) in [5, 5.41) is 14.0. The molecule has 0 aliphatic rings. The van der Waals surface area contributed by atoms with Crippen LogP contribution in [0.2, 0.25) is 5.02 Å². The number of carboxylic acid groups (broad SMARTS) is 1. The lowest BCUT2D eigenvalue weighted by molar-refractivity contribution is 0.0698. The molecule has 0 atom stereocenters. The Kier molecular flexibility index (Phi) is 6.71. The number of hydrazone groups is 1. The lowest BCUT2D eigenvalue weighted by Crippen LogP contribution is -2.02. The number of rotatable bonds is 8. The Labute approximate surface area is 173 Å². The van der Waals surface area contributed by atoms with Crippen LogP contribution < -0.4 is 14.9 Å². The van der Waals surface area contributed by atoms with Crippen LogP contribution >= 0.6 is 11.6 Å². The molecule has 0 amide bonds. The highest BCUT2D eigenvalue weighted by atomic mass is 35.5. The van der Waals surface area contributed by atoms with E-state index in [1.807, 2.05) is 18.2 Å². The van der Waals surface area contributed by atoms with Gasteiger partial charge in [-0.1, -0.05) is 35.9 Å². The van der Waals surface area contributed by atoms with Crippen LogP contribution in [0.5, 0.6) is 11.5 Å². The molecule has 0 unspecified atom stereocenters. The fourth-order valence-corrected chi connectivity index (χ4v) is 2.70. The second-order valence-electron chi connectivity index (χ2n) is 6.05. The van der Waals surface area contributed by atoms with Gasteiger partial charge in [-0.25, -0.2) is 4.79 Å². The van der Waals surface area contributed by atoms with Gasteiger partial charge < -0.3 is 14.6 Å². The quantitative estimate of drug-likeness (QED) is 0.400. The lowest BCUT2D eigenvalue weighted by Gasteiger charge is -2.11. The Hall–Kier alpha value is -3.51. The minimum Gasteiger partial charge on any atom is -0.493 e. The Bertz CT molecular complexity index is 1020. The van der Waals surface area contributed by atoms with Crippen LogP contribution in [0.1, 0.15) is 21.5 Å². The largest absolute Gasteiger partial charge is 0.493 e. The van der Waals surface area contributed by atoms with Crippen molar-refractivity contribution in [2.45, 2.75) is 6.61 Å². The molecule has 6 nitrogen and oxygen atoms in total. The highest BCUT2D eigenvalue weighted by molar-refractivity contribution is 6.30. The Balaban J connectivity index is 1.72. The number of ether oxygens (including phenoxy) is 2. The fourth-order valence-electron chi connectivity index (χ4n) is 2.57. The van der Waals surface area contributed by atoms with Crippen molar-refractivity contribution >= 4 is 29.5 Å². The highest BCUT2D eigenvalue weighted by Crippen LogP contribution is 2.28. The van der Waals surface area contributed by atoms with Crippen LogP contribution in [-0.2, 0) is 6.61 Å². The summed E-state index contributed by atoms with van der Waals surface area (Å²) in [7, 11) is 1.57. The van der Waals surface area contributed by atoms with E-state index < -0.39 is 5.97 Å². The zero-order valence-electron chi connectivity index (χ0n) is 15.6. The van der Waals surface area contributed by atoms with Gasteiger partial charge in [-0.3, -0.25) is 5.43 Å². The summed E-state index contributed by atoms with van der Waals surface area (Å²) in [5.74, 6) is 0.142. The number of hydrogen-bond acceptors (Lipinski definition) is 5. The zero-order valence-corrected chi connectivity index (χ0v) is 16.4. The Morgan fingerprint density at radius 3 is 2.59 bits per heavy atom. The summed E-state index contributed by atoms with van der Waals surface area (Å²) >= 11 is 5.90. The first kappa shape index (κ1) is 20.2. The lowest BCUT2D eigenvalue weighted by atomic mass is 10.2. The van der Waals surface area contributed by atoms with Crippen molar-refractivity contribution in [3.8, 4) is 11.5 Å². The number of methoxy groups -OCH3 is 1. The third kappa shape index (κ3) is 5.49. The topological polar surface area (TPSA) is 80.2 Å². The Morgan fingerprint density at radius 2 is 1.86 bits per heavy atom. The second-order valence-corrected chi connectivity index (χ2v) is 6.48. The van der Waals surface area contributed by atoms with Crippen molar-refractivity contribution < 1.29 is 19.4 Å². The molecule has 0 saturated heterocycles. The van der Waals surface area contributed by atoms with Gasteiger partial charge >= 0.3 is 5.97 Å². The molecule has 2 N–H and O–H groups in total. The molecule has 29 heavy (non-hydrogen) atoms. The first-order valence-corrected chi connectivity index (χ1v) is 9.11. The number of para-hydroxylation sites is 1. The number of hydrogen-bond donors (Lipinski definition) is 2. The van der Waals surface area contributed by atoms with Crippen molar-refractivity contribution in [2.75, 3.05) is 12.5 Å². The molecule has 0 aromatic heterocycles. The number of nitrogens with zero attached hydrogens (tertiary/aromatic N) is 1. The standard InChI is InChI=1S/C22H19ClN2O4/c1-28-20-11-8-16(12-21(20)29-14-15-6-9-17(23)10-7-15)13-24-25-19-5-3-2-4-18(19)22(26)27/h2-13,25H,14H2,1H3,(H,26,27)/b24-13+. The van der Waals surface area contributed by atoms with Gasteiger partial charge in [-0.2, -0.15) is 5.10 Å². The summed E-state index contributed by atoms with van der Waals surface area (Å²) in [6.45, 7) is 0.359. The maximum Gasteiger partial charge on any atom is 0.337 e. The summed E-state index contributed by atoms with van der Waals surface area (Å²) < 4.78 is 11.2. The van der Waals surface area contributed by atoms with E-state index in [4.69, 9.17) is 21.1 Å². The van der Waals surface area contributed by atoms with E-state index in [-0.39, 0.29) is 5.56 Å². The van der Waals surface area contributed by atoms with E-state index in [0.717, 1.165) is 11.1 Å². The SMILES string of the molecule is COc1ccc(/C=N/Nc2ccccc2C(=O)O)cc1OCc1ccc(Cl)cc1. The molecule has 7 heteroatoms. The summed E-state index contributed by atoms with van der Waals surface area (Å²) in [4.78, 5) is 11.2. The minimum absolute atomic E-state index is 0.145. The zero-order chi connectivity index (χ0) is 20.6. The average molecular weight is 411 g/mol. The molecule has 0 spiro atoms. The van der Waals surface area contributed by atoms with E-state index in [1.165, 1.54) is 6.07 Å². The molecule has 0 heterocycles. The summed E-state index contributed by atoms with van der Waals surface area (Å²) in [6.07, 6.45) is 1.58. The van der Waals surface area contributed by atoms with Crippen LogP contribution in [0.4, 0.5) is 5.69 Å².